The van der Waals surface area contributed by atoms with Crippen molar-refractivity contribution in [2.75, 3.05) is 29.3 Å². The Bertz CT molecular complexity index is 1010. The fourth-order valence-electron chi connectivity index (χ4n) is 3.59. The van der Waals surface area contributed by atoms with E-state index in [2.05, 4.69) is 10.6 Å². The van der Waals surface area contributed by atoms with Crippen LogP contribution in [0.3, 0.4) is 0 Å². The average Bonchev–Trinajstić information content (AvgIpc) is 3.13. The van der Waals surface area contributed by atoms with Gasteiger partial charge in [0.25, 0.3) is 10.0 Å². The van der Waals surface area contributed by atoms with Gasteiger partial charge in [-0.25, -0.2) is 13.2 Å². The molecule has 166 valence electrons. The summed E-state index contributed by atoms with van der Waals surface area (Å²) in [6.45, 7) is 5.10. The van der Waals surface area contributed by atoms with Gasteiger partial charge in [-0.15, -0.1) is 0 Å². The smallest absolute Gasteiger partial charge is 0.319 e. The normalized spacial score (nSPS) is 14.9. The van der Waals surface area contributed by atoms with Gasteiger partial charge in [-0.05, 0) is 56.7 Å². The van der Waals surface area contributed by atoms with Gasteiger partial charge in [0.15, 0.2) is 0 Å². The van der Waals surface area contributed by atoms with E-state index in [4.69, 9.17) is 0 Å². The molecule has 0 bridgehead atoms. The predicted molar refractivity (Wildman–Crippen MR) is 121 cm³/mol. The molecule has 2 aromatic carbocycles. The molecule has 0 aliphatic carbocycles. The highest BCUT2D eigenvalue weighted by Crippen LogP contribution is 2.24. The maximum absolute atomic E-state index is 13.0. The summed E-state index contributed by atoms with van der Waals surface area (Å²) in [6.07, 6.45) is 1.42. The first-order chi connectivity index (χ1) is 14.8. The monoisotopic (exact) mass is 444 g/mol. The molecule has 0 saturated carbocycles. The van der Waals surface area contributed by atoms with Crippen LogP contribution in [0.15, 0.2) is 59.5 Å². The molecule has 1 heterocycles. The van der Waals surface area contributed by atoms with Gasteiger partial charge >= 0.3 is 6.03 Å². The lowest BCUT2D eigenvalue weighted by molar-refractivity contribution is -0.127. The van der Waals surface area contributed by atoms with E-state index < -0.39 is 16.1 Å². The third-order valence-corrected chi connectivity index (χ3v) is 6.99. The highest BCUT2D eigenvalue weighted by molar-refractivity contribution is 7.92. The van der Waals surface area contributed by atoms with E-state index in [0.717, 1.165) is 13.0 Å². The number of para-hydroxylation sites is 1. The third-order valence-electron chi connectivity index (χ3n) is 5.07. The minimum absolute atomic E-state index is 0.113. The Morgan fingerprint density at radius 1 is 1.13 bits per heavy atom. The maximum atomic E-state index is 13.0. The van der Waals surface area contributed by atoms with Crippen molar-refractivity contribution in [1.82, 2.24) is 10.2 Å². The molecular weight excluding hydrogens is 416 g/mol. The number of carbonyl (C=O) groups is 2. The first-order valence-corrected chi connectivity index (χ1v) is 11.8. The molecule has 1 aliphatic rings. The van der Waals surface area contributed by atoms with Crippen LogP contribution in [0.2, 0.25) is 0 Å². The van der Waals surface area contributed by atoms with Crippen LogP contribution in [-0.2, 0) is 14.8 Å². The second-order valence-electron chi connectivity index (χ2n) is 7.47. The van der Waals surface area contributed by atoms with Crippen molar-refractivity contribution >= 4 is 33.3 Å². The molecular formula is C22H28N4O4S. The number of hydrogen-bond donors (Lipinski definition) is 2. The molecule has 1 aliphatic heterocycles. The highest BCUT2D eigenvalue weighted by Gasteiger charge is 2.24. The second-order valence-corrected chi connectivity index (χ2v) is 9.33. The maximum Gasteiger partial charge on any atom is 0.319 e. The van der Waals surface area contributed by atoms with Crippen LogP contribution in [0.5, 0.6) is 0 Å². The number of carbonyl (C=O) groups excluding carboxylic acids is 2. The van der Waals surface area contributed by atoms with E-state index in [0.29, 0.717) is 30.9 Å². The van der Waals surface area contributed by atoms with Crippen LogP contribution in [0.4, 0.5) is 16.2 Å². The number of hydrogen-bond acceptors (Lipinski definition) is 4. The average molecular weight is 445 g/mol. The summed E-state index contributed by atoms with van der Waals surface area (Å²) in [5, 5.41) is 5.50. The Kier molecular flexibility index (Phi) is 7.17. The predicted octanol–water partition coefficient (Wildman–Crippen LogP) is 3.03. The Hall–Kier alpha value is -3.07. The zero-order valence-corrected chi connectivity index (χ0v) is 18.6. The zero-order valence-electron chi connectivity index (χ0n) is 17.7. The summed E-state index contributed by atoms with van der Waals surface area (Å²) < 4.78 is 27.4. The number of likely N-dealkylation sites (tertiary alicyclic amines) is 1. The van der Waals surface area contributed by atoms with Crippen molar-refractivity contribution in [1.29, 1.82) is 0 Å². The molecule has 9 heteroatoms. The van der Waals surface area contributed by atoms with Crippen molar-refractivity contribution in [3.63, 3.8) is 0 Å². The lowest BCUT2D eigenvalue weighted by Crippen LogP contribution is -2.44. The largest absolute Gasteiger partial charge is 0.341 e. The van der Waals surface area contributed by atoms with Gasteiger partial charge in [0.2, 0.25) is 5.91 Å². The molecule has 0 radical (unpaired) electrons. The SMILES string of the molecule is CCN(c1ccccc1)S(=O)(=O)c1ccc(NC(=O)N[C@H](C)CN2CCCC2=O)cc1. The van der Waals surface area contributed by atoms with Gasteiger partial charge in [0, 0.05) is 37.8 Å². The van der Waals surface area contributed by atoms with Crippen molar-refractivity contribution in [2.45, 2.75) is 37.6 Å². The number of rotatable bonds is 8. The van der Waals surface area contributed by atoms with E-state index in [9.17, 15) is 18.0 Å². The first-order valence-electron chi connectivity index (χ1n) is 10.3. The number of nitrogens with zero attached hydrogens (tertiary/aromatic N) is 2. The van der Waals surface area contributed by atoms with E-state index in [-0.39, 0.29) is 16.8 Å². The standard InChI is InChI=1S/C22H28N4O4S/c1-3-26(19-8-5-4-6-9-19)31(29,30)20-13-11-18(12-14-20)24-22(28)23-17(2)16-25-15-7-10-21(25)27/h4-6,8-9,11-14,17H,3,7,10,15-16H2,1-2H3,(H2,23,24,28)/t17-/m1/s1. The van der Waals surface area contributed by atoms with Gasteiger partial charge in [-0.3, -0.25) is 9.10 Å². The van der Waals surface area contributed by atoms with E-state index >= 15 is 0 Å². The zero-order chi connectivity index (χ0) is 22.4. The molecule has 0 unspecified atom stereocenters. The van der Waals surface area contributed by atoms with Crippen molar-refractivity contribution in [3.8, 4) is 0 Å². The molecule has 1 fully saturated rings. The first kappa shape index (κ1) is 22.6. The number of amides is 3. The molecule has 3 amide bonds. The molecule has 31 heavy (non-hydrogen) atoms. The molecule has 1 atom stereocenters. The van der Waals surface area contributed by atoms with Crippen LogP contribution >= 0.6 is 0 Å². The van der Waals surface area contributed by atoms with Gasteiger partial charge in [-0.2, -0.15) is 0 Å². The number of anilines is 2. The lowest BCUT2D eigenvalue weighted by Gasteiger charge is -2.23. The summed E-state index contributed by atoms with van der Waals surface area (Å²) in [6, 6.07) is 14.4. The third kappa shape index (κ3) is 5.55. The fraction of sp³-hybridized carbons (Fsp3) is 0.364. The number of nitrogens with one attached hydrogen (secondary N) is 2. The quantitative estimate of drug-likeness (QED) is 0.654. The minimum atomic E-state index is -3.72. The van der Waals surface area contributed by atoms with Gasteiger partial charge in [0.1, 0.15) is 0 Å². The fourth-order valence-corrected chi connectivity index (χ4v) is 5.06. The van der Waals surface area contributed by atoms with Gasteiger partial charge < -0.3 is 15.5 Å². The van der Waals surface area contributed by atoms with E-state index in [1.165, 1.54) is 16.4 Å². The molecule has 0 aromatic heterocycles. The molecule has 0 spiro atoms. The van der Waals surface area contributed by atoms with Crippen LogP contribution in [0.1, 0.15) is 26.7 Å². The Morgan fingerprint density at radius 2 is 1.81 bits per heavy atom. The van der Waals surface area contributed by atoms with Crippen molar-refractivity contribution in [3.05, 3.63) is 54.6 Å². The Balaban J connectivity index is 1.61. The van der Waals surface area contributed by atoms with Crippen LogP contribution < -0.4 is 14.9 Å². The lowest BCUT2D eigenvalue weighted by atomic mass is 10.3. The van der Waals surface area contributed by atoms with Gasteiger partial charge in [-0.1, -0.05) is 18.2 Å². The number of sulfonamides is 1. The van der Waals surface area contributed by atoms with Crippen LogP contribution in [-0.4, -0.2) is 50.9 Å². The summed E-state index contributed by atoms with van der Waals surface area (Å²) in [7, 11) is -3.72. The van der Waals surface area contributed by atoms with Gasteiger partial charge in [0.05, 0.1) is 10.6 Å². The molecule has 2 aromatic rings. The van der Waals surface area contributed by atoms with Crippen LogP contribution in [0, 0.1) is 0 Å². The molecule has 1 saturated heterocycles. The molecule has 8 nitrogen and oxygen atoms in total. The van der Waals surface area contributed by atoms with E-state index in [1.807, 2.05) is 13.0 Å². The highest BCUT2D eigenvalue weighted by atomic mass is 32.2. The summed E-state index contributed by atoms with van der Waals surface area (Å²) >= 11 is 0. The van der Waals surface area contributed by atoms with E-state index in [1.54, 1.807) is 48.2 Å². The summed E-state index contributed by atoms with van der Waals surface area (Å²) in [5.74, 6) is 0.113. The second kappa shape index (κ2) is 9.82. The number of urea groups is 1. The molecule has 2 N–H and O–H groups in total. The summed E-state index contributed by atoms with van der Waals surface area (Å²) in [5.41, 5.74) is 1.07. The Labute approximate surface area is 183 Å². The Morgan fingerprint density at radius 3 is 2.39 bits per heavy atom. The molecule has 3 rings (SSSR count). The van der Waals surface area contributed by atoms with Crippen molar-refractivity contribution < 1.29 is 18.0 Å². The van der Waals surface area contributed by atoms with Crippen LogP contribution in [0.25, 0.3) is 0 Å². The van der Waals surface area contributed by atoms with Crippen molar-refractivity contribution in [2.24, 2.45) is 0 Å². The number of benzene rings is 2. The summed E-state index contributed by atoms with van der Waals surface area (Å²) in [4.78, 5) is 25.8. The minimum Gasteiger partial charge on any atom is -0.341 e. The topological polar surface area (TPSA) is 98.8 Å².